The molecule has 3 heteroatoms. The summed E-state index contributed by atoms with van der Waals surface area (Å²) in [4.78, 5) is 14.2. The van der Waals surface area contributed by atoms with E-state index in [1.807, 2.05) is 23.1 Å². The normalized spacial score (nSPS) is 22.1. The molecule has 0 radical (unpaired) electrons. The molecule has 0 aliphatic carbocycles. The monoisotopic (exact) mass is 277 g/mol. The van der Waals surface area contributed by atoms with Crippen LogP contribution in [0.2, 0.25) is 0 Å². The quantitative estimate of drug-likeness (QED) is 0.770. The number of carbonyl (C=O) groups is 1. The first-order valence-corrected chi connectivity index (χ1v) is 7.52. The molecule has 1 aromatic carbocycles. The Hall–Kier alpha value is -1.38. The molecule has 0 bridgehead atoms. The second kappa shape index (κ2) is 6.87. The lowest BCUT2D eigenvalue weighted by atomic mass is 9.93. The van der Waals surface area contributed by atoms with Crippen molar-refractivity contribution in [1.29, 1.82) is 0 Å². The first-order chi connectivity index (χ1) is 9.61. The molecule has 0 saturated carbocycles. The lowest BCUT2D eigenvalue weighted by Crippen LogP contribution is -2.28. The zero-order valence-corrected chi connectivity index (χ0v) is 12.4. The van der Waals surface area contributed by atoms with Crippen LogP contribution in [0.15, 0.2) is 30.3 Å². The van der Waals surface area contributed by atoms with Crippen molar-refractivity contribution in [3.05, 3.63) is 35.9 Å². The zero-order chi connectivity index (χ0) is 14.5. The van der Waals surface area contributed by atoms with Crippen LogP contribution in [-0.2, 0) is 4.79 Å². The summed E-state index contributed by atoms with van der Waals surface area (Å²) in [5, 5.41) is 0. The number of benzene rings is 1. The molecule has 2 rings (SSSR count). The van der Waals surface area contributed by atoms with Gasteiger partial charge in [-0.25, -0.2) is 0 Å². The van der Waals surface area contributed by atoms with Gasteiger partial charge in [0.25, 0.3) is 0 Å². The van der Waals surface area contributed by atoms with Crippen molar-refractivity contribution in [1.82, 2.24) is 4.90 Å². The summed E-state index contributed by atoms with van der Waals surface area (Å²) in [7, 11) is 0. The maximum atomic E-state index is 12.3. The van der Waals surface area contributed by atoms with Gasteiger partial charge in [-0.2, -0.15) is 0 Å². The van der Waals surface area contributed by atoms with Crippen molar-refractivity contribution in [3.63, 3.8) is 0 Å². The molecule has 1 heterocycles. The molecule has 1 aliphatic rings. The molecule has 2 nitrogen and oxygen atoms in total. The fourth-order valence-corrected chi connectivity index (χ4v) is 3.13. The second-order valence-electron chi connectivity index (χ2n) is 6.02. The molecule has 0 spiro atoms. The van der Waals surface area contributed by atoms with Crippen LogP contribution in [0.1, 0.15) is 44.7 Å². The summed E-state index contributed by atoms with van der Waals surface area (Å²) < 4.78 is 12.3. The molecule has 110 valence electrons. The number of carbonyl (C=O) groups excluding carboxylic acids is 1. The van der Waals surface area contributed by atoms with Crippen molar-refractivity contribution in [3.8, 4) is 0 Å². The highest BCUT2D eigenvalue weighted by Gasteiger charge is 2.33. The summed E-state index contributed by atoms with van der Waals surface area (Å²) in [6.07, 6.45) is 2.18. The van der Waals surface area contributed by atoms with E-state index in [9.17, 15) is 9.18 Å². The van der Waals surface area contributed by atoms with Gasteiger partial charge in [0, 0.05) is 13.0 Å². The Morgan fingerprint density at radius 3 is 2.65 bits per heavy atom. The smallest absolute Gasteiger partial charge is 0.223 e. The number of alkyl halides is 1. The highest BCUT2D eigenvalue weighted by Crippen LogP contribution is 2.31. The number of likely N-dealkylation sites (tertiary alicyclic amines) is 1. The van der Waals surface area contributed by atoms with Crippen LogP contribution in [0.5, 0.6) is 0 Å². The number of nitrogens with zero attached hydrogens (tertiary/aromatic N) is 1. The van der Waals surface area contributed by atoms with Crippen LogP contribution in [0.25, 0.3) is 0 Å². The molecular weight excluding hydrogens is 253 g/mol. The van der Waals surface area contributed by atoms with E-state index in [0.717, 1.165) is 13.0 Å². The van der Waals surface area contributed by atoms with E-state index in [0.29, 0.717) is 24.7 Å². The number of hydrogen-bond acceptors (Lipinski definition) is 1. The van der Waals surface area contributed by atoms with Gasteiger partial charge in [0.2, 0.25) is 5.91 Å². The van der Waals surface area contributed by atoms with E-state index >= 15 is 0 Å². The number of amides is 1. The summed E-state index contributed by atoms with van der Waals surface area (Å²) in [5.74, 6) is 0.985. The van der Waals surface area contributed by atoms with Crippen LogP contribution in [0.4, 0.5) is 4.39 Å². The zero-order valence-electron chi connectivity index (χ0n) is 12.4. The summed E-state index contributed by atoms with van der Waals surface area (Å²) in [6, 6.07) is 10.3. The van der Waals surface area contributed by atoms with Gasteiger partial charge >= 0.3 is 0 Å². The van der Waals surface area contributed by atoms with Gasteiger partial charge < -0.3 is 4.90 Å². The SMILES string of the molecule is CC(CCF)CC1CC(=O)N([C@@H](C)c2ccccc2)C1. The summed E-state index contributed by atoms with van der Waals surface area (Å²) in [6.45, 7) is 4.71. The van der Waals surface area contributed by atoms with Gasteiger partial charge in [0.05, 0.1) is 12.7 Å². The predicted octanol–water partition coefficient (Wildman–Crippen LogP) is 3.98. The fourth-order valence-electron chi connectivity index (χ4n) is 3.13. The van der Waals surface area contributed by atoms with Crippen LogP contribution in [0, 0.1) is 11.8 Å². The van der Waals surface area contributed by atoms with Crippen LogP contribution in [0.3, 0.4) is 0 Å². The second-order valence-corrected chi connectivity index (χ2v) is 6.02. The molecule has 0 aromatic heterocycles. The molecule has 1 amide bonds. The Morgan fingerprint density at radius 1 is 1.30 bits per heavy atom. The maximum Gasteiger partial charge on any atom is 0.223 e. The highest BCUT2D eigenvalue weighted by molar-refractivity contribution is 5.79. The first-order valence-electron chi connectivity index (χ1n) is 7.52. The van der Waals surface area contributed by atoms with E-state index in [2.05, 4.69) is 26.0 Å². The average Bonchev–Trinajstić information content (AvgIpc) is 2.80. The van der Waals surface area contributed by atoms with Crippen molar-refractivity contribution in [2.45, 2.75) is 39.2 Å². The van der Waals surface area contributed by atoms with Gasteiger partial charge in [0.15, 0.2) is 0 Å². The molecule has 1 fully saturated rings. The molecule has 0 N–H and O–H groups in total. The summed E-state index contributed by atoms with van der Waals surface area (Å²) >= 11 is 0. The van der Waals surface area contributed by atoms with Gasteiger partial charge in [-0.05, 0) is 37.2 Å². The molecular formula is C17H24FNO. The molecule has 3 atom stereocenters. The van der Waals surface area contributed by atoms with Crippen molar-refractivity contribution in [2.24, 2.45) is 11.8 Å². The number of rotatable bonds is 6. The van der Waals surface area contributed by atoms with Crippen molar-refractivity contribution in [2.75, 3.05) is 13.2 Å². The lowest BCUT2D eigenvalue weighted by molar-refractivity contribution is -0.129. The molecule has 2 unspecified atom stereocenters. The molecule has 1 aliphatic heterocycles. The van der Waals surface area contributed by atoms with Gasteiger partial charge in [-0.3, -0.25) is 9.18 Å². The van der Waals surface area contributed by atoms with E-state index in [1.165, 1.54) is 5.56 Å². The third kappa shape index (κ3) is 3.59. The average molecular weight is 277 g/mol. The van der Waals surface area contributed by atoms with E-state index in [4.69, 9.17) is 0 Å². The van der Waals surface area contributed by atoms with Gasteiger partial charge in [0.1, 0.15) is 0 Å². The Labute approximate surface area is 121 Å². The van der Waals surface area contributed by atoms with Crippen LogP contribution in [-0.4, -0.2) is 24.0 Å². The predicted molar refractivity (Wildman–Crippen MR) is 79.1 cm³/mol. The molecule has 20 heavy (non-hydrogen) atoms. The lowest BCUT2D eigenvalue weighted by Gasteiger charge is -2.25. The minimum atomic E-state index is -0.258. The third-order valence-corrected chi connectivity index (χ3v) is 4.33. The van der Waals surface area contributed by atoms with E-state index in [1.54, 1.807) is 0 Å². The number of hydrogen-bond donors (Lipinski definition) is 0. The van der Waals surface area contributed by atoms with Crippen LogP contribution >= 0.6 is 0 Å². The fraction of sp³-hybridized carbons (Fsp3) is 0.588. The third-order valence-electron chi connectivity index (χ3n) is 4.33. The molecule has 1 saturated heterocycles. The Bertz CT molecular complexity index is 434. The van der Waals surface area contributed by atoms with Gasteiger partial charge in [-0.1, -0.05) is 37.3 Å². The van der Waals surface area contributed by atoms with E-state index < -0.39 is 0 Å². The van der Waals surface area contributed by atoms with E-state index in [-0.39, 0.29) is 18.6 Å². The first kappa shape index (κ1) is 15.0. The van der Waals surface area contributed by atoms with Crippen molar-refractivity contribution < 1.29 is 9.18 Å². The van der Waals surface area contributed by atoms with Crippen molar-refractivity contribution >= 4 is 5.91 Å². The Kier molecular flexibility index (Phi) is 5.16. The Morgan fingerprint density at radius 2 is 2.00 bits per heavy atom. The minimum absolute atomic E-state index is 0.130. The standard InChI is InChI=1S/C17H24FNO/c1-13(8-9-18)10-15-11-17(20)19(12-15)14(2)16-6-4-3-5-7-16/h3-7,13-15H,8-12H2,1-2H3/t13?,14-,15?/m0/s1. The summed E-state index contributed by atoms with van der Waals surface area (Å²) in [5.41, 5.74) is 1.18. The van der Waals surface area contributed by atoms with Gasteiger partial charge in [-0.15, -0.1) is 0 Å². The largest absolute Gasteiger partial charge is 0.336 e. The highest BCUT2D eigenvalue weighted by atomic mass is 19.1. The maximum absolute atomic E-state index is 12.3. The number of halogens is 1. The Balaban J connectivity index is 1.95. The minimum Gasteiger partial charge on any atom is -0.336 e. The topological polar surface area (TPSA) is 20.3 Å². The van der Waals surface area contributed by atoms with Crippen LogP contribution < -0.4 is 0 Å². The molecule has 1 aromatic rings.